The summed E-state index contributed by atoms with van der Waals surface area (Å²) >= 11 is 1.92. The summed E-state index contributed by atoms with van der Waals surface area (Å²) in [5.41, 5.74) is 0.697. The van der Waals surface area contributed by atoms with Crippen LogP contribution in [0.4, 0.5) is 11.5 Å². The molecule has 1 aromatic rings. The van der Waals surface area contributed by atoms with E-state index in [4.69, 9.17) is 0 Å². The number of nitrogens with zero attached hydrogens (tertiary/aromatic N) is 3. The fourth-order valence-electron chi connectivity index (χ4n) is 2.90. The minimum absolute atomic E-state index is 0.0411. The molecular weight excluding hydrogens is 288 g/mol. The van der Waals surface area contributed by atoms with Crippen molar-refractivity contribution in [3.8, 4) is 0 Å². The third-order valence-electron chi connectivity index (χ3n) is 4.13. The normalized spacial score (nSPS) is 22.5. The summed E-state index contributed by atoms with van der Waals surface area (Å²) in [5, 5.41) is 19.8. The van der Waals surface area contributed by atoms with Gasteiger partial charge in [-0.15, -0.1) is 0 Å². The molecule has 0 spiro atoms. The fourth-order valence-corrected chi connectivity index (χ4v) is 3.64. The summed E-state index contributed by atoms with van der Waals surface area (Å²) in [4.78, 5) is 11.1. The van der Waals surface area contributed by atoms with Gasteiger partial charge in [0, 0.05) is 24.3 Å². The number of aryl methyl sites for hydroxylation is 1. The Morgan fingerprint density at radius 3 is 2.48 bits per heavy atom. The number of thioether (sulfide) groups is 1. The maximum atomic E-state index is 11.4. The summed E-state index contributed by atoms with van der Waals surface area (Å²) in [7, 11) is 1.77. The highest BCUT2D eigenvalue weighted by Crippen LogP contribution is 2.35. The minimum atomic E-state index is -0.307. The molecule has 0 bridgehead atoms. The number of hydrogen-bond donors (Lipinski definition) is 1. The maximum absolute atomic E-state index is 11.4. The molecule has 7 heteroatoms. The van der Waals surface area contributed by atoms with Crippen LogP contribution in [0.3, 0.4) is 0 Å². The van der Waals surface area contributed by atoms with E-state index in [1.807, 2.05) is 25.6 Å². The van der Waals surface area contributed by atoms with Crippen LogP contribution in [0.15, 0.2) is 0 Å². The second kappa shape index (κ2) is 6.68. The van der Waals surface area contributed by atoms with E-state index in [0.717, 1.165) is 18.1 Å². The van der Waals surface area contributed by atoms with Crippen LogP contribution in [0.1, 0.15) is 51.1 Å². The quantitative estimate of drug-likeness (QED) is 0.665. The lowest BCUT2D eigenvalue weighted by Gasteiger charge is -2.28. The largest absolute Gasteiger partial charge is 0.362 e. The van der Waals surface area contributed by atoms with E-state index in [0.29, 0.717) is 17.6 Å². The Hall–Kier alpha value is -1.24. The molecule has 0 saturated heterocycles. The van der Waals surface area contributed by atoms with Gasteiger partial charge in [0.05, 0.1) is 4.92 Å². The van der Waals surface area contributed by atoms with Gasteiger partial charge in [-0.05, 0) is 31.9 Å². The number of nitro groups is 1. The van der Waals surface area contributed by atoms with Gasteiger partial charge < -0.3 is 5.32 Å². The van der Waals surface area contributed by atoms with Gasteiger partial charge in [-0.2, -0.15) is 16.9 Å². The molecule has 2 rings (SSSR count). The second-order valence-corrected chi connectivity index (χ2v) is 7.11. The standard InChI is InChI=1S/C14H24N4O2S/c1-9(2)12-13(18(19)20)14(17(3)16-12)15-10-5-7-11(21-4)8-6-10/h9-11,15H,5-8H2,1-4H3. The van der Waals surface area contributed by atoms with Gasteiger partial charge in [-0.1, -0.05) is 13.8 Å². The topological polar surface area (TPSA) is 73.0 Å². The van der Waals surface area contributed by atoms with E-state index >= 15 is 0 Å². The Labute approximate surface area is 129 Å². The van der Waals surface area contributed by atoms with Gasteiger partial charge in [0.1, 0.15) is 5.69 Å². The third kappa shape index (κ3) is 3.51. The van der Waals surface area contributed by atoms with Gasteiger partial charge in [-0.25, -0.2) is 4.68 Å². The summed E-state index contributed by atoms with van der Waals surface area (Å²) in [5.74, 6) is 0.593. The number of aromatic nitrogens is 2. The summed E-state index contributed by atoms with van der Waals surface area (Å²) in [6, 6.07) is 0.308. The molecule has 0 unspecified atom stereocenters. The Balaban J connectivity index is 2.18. The Morgan fingerprint density at radius 2 is 2.00 bits per heavy atom. The van der Waals surface area contributed by atoms with E-state index in [9.17, 15) is 10.1 Å². The van der Waals surface area contributed by atoms with Gasteiger partial charge in [0.15, 0.2) is 0 Å². The van der Waals surface area contributed by atoms with E-state index in [-0.39, 0.29) is 16.5 Å². The zero-order valence-electron chi connectivity index (χ0n) is 13.1. The molecule has 1 aromatic heterocycles. The Kier molecular flexibility index (Phi) is 5.13. The molecule has 21 heavy (non-hydrogen) atoms. The van der Waals surface area contributed by atoms with Crippen molar-refractivity contribution in [3.63, 3.8) is 0 Å². The fraction of sp³-hybridized carbons (Fsp3) is 0.786. The molecular formula is C14H24N4O2S. The summed E-state index contributed by atoms with van der Waals surface area (Å²) < 4.78 is 1.62. The predicted molar refractivity (Wildman–Crippen MR) is 87.1 cm³/mol. The highest BCUT2D eigenvalue weighted by Gasteiger charge is 2.30. The first-order valence-corrected chi connectivity index (χ1v) is 8.73. The molecule has 1 saturated carbocycles. The van der Waals surface area contributed by atoms with Gasteiger partial charge in [0.2, 0.25) is 5.82 Å². The molecule has 1 heterocycles. The SMILES string of the molecule is CSC1CCC(Nc2c([N+](=O)[O-])c(C(C)C)nn2C)CC1. The van der Waals surface area contributed by atoms with Crippen molar-refractivity contribution in [1.29, 1.82) is 0 Å². The summed E-state index contributed by atoms with van der Waals surface area (Å²) in [6.07, 6.45) is 6.61. The first-order chi connectivity index (χ1) is 9.93. The van der Waals surface area contributed by atoms with Crippen LogP contribution in [-0.2, 0) is 7.05 Å². The number of nitrogens with one attached hydrogen (secondary N) is 1. The monoisotopic (exact) mass is 312 g/mol. The van der Waals surface area contributed by atoms with Crippen LogP contribution in [0, 0.1) is 10.1 Å². The molecule has 1 fully saturated rings. The first kappa shape index (κ1) is 16.1. The van der Waals surface area contributed by atoms with Gasteiger partial charge in [0.25, 0.3) is 0 Å². The van der Waals surface area contributed by atoms with Crippen LogP contribution in [0.5, 0.6) is 0 Å². The Bertz CT molecular complexity index is 507. The maximum Gasteiger partial charge on any atom is 0.334 e. The molecule has 0 atom stereocenters. The lowest BCUT2D eigenvalue weighted by atomic mass is 9.95. The van der Waals surface area contributed by atoms with Crippen molar-refractivity contribution in [2.45, 2.75) is 56.7 Å². The highest BCUT2D eigenvalue weighted by atomic mass is 32.2. The minimum Gasteiger partial charge on any atom is -0.362 e. The van der Waals surface area contributed by atoms with Crippen molar-refractivity contribution in [3.05, 3.63) is 15.8 Å². The van der Waals surface area contributed by atoms with Crippen LogP contribution < -0.4 is 5.32 Å². The average molecular weight is 312 g/mol. The zero-order valence-corrected chi connectivity index (χ0v) is 13.9. The lowest BCUT2D eigenvalue weighted by Crippen LogP contribution is -2.28. The van der Waals surface area contributed by atoms with E-state index in [1.165, 1.54) is 12.8 Å². The van der Waals surface area contributed by atoms with E-state index in [2.05, 4.69) is 16.7 Å². The van der Waals surface area contributed by atoms with Gasteiger partial charge >= 0.3 is 5.69 Å². The van der Waals surface area contributed by atoms with Crippen LogP contribution >= 0.6 is 11.8 Å². The smallest absolute Gasteiger partial charge is 0.334 e. The van der Waals surface area contributed by atoms with Crippen LogP contribution in [-0.4, -0.2) is 32.3 Å². The van der Waals surface area contributed by atoms with Crippen molar-refractivity contribution in [2.24, 2.45) is 7.05 Å². The molecule has 118 valence electrons. The zero-order chi connectivity index (χ0) is 15.6. The highest BCUT2D eigenvalue weighted by molar-refractivity contribution is 7.99. The molecule has 1 N–H and O–H groups in total. The lowest BCUT2D eigenvalue weighted by molar-refractivity contribution is -0.384. The molecule has 1 aliphatic carbocycles. The predicted octanol–water partition coefficient (Wildman–Crippen LogP) is 3.54. The number of hydrogen-bond acceptors (Lipinski definition) is 5. The molecule has 0 radical (unpaired) electrons. The number of anilines is 1. The molecule has 0 amide bonds. The molecule has 0 aliphatic heterocycles. The third-order valence-corrected chi connectivity index (χ3v) is 5.26. The second-order valence-electron chi connectivity index (χ2n) is 5.97. The number of rotatable bonds is 5. The van der Waals surface area contributed by atoms with Crippen molar-refractivity contribution < 1.29 is 4.92 Å². The van der Waals surface area contributed by atoms with Crippen molar-refractivity contribution >= 4 is 23.3 Å². The summed E-state index contributed by atoms with van der Waals surface area (Å²) in [6.45, 7) is 3.87. The first-order valence-electron chi connectivity index (χ1n) is 7.44. The van der Waals surface area contributed by atoms with Crippen molar-refractivity contribution in [1.82, 2.24) is 9.78 Å². The molecule has 6 nitrogen and oxygen atoms in total. The van der Waals surface area contributed by atoms with E-state index in [1.54, 1.807) is 11.7 Å². The molecule has 1 aliphatic rings. The van der Waals surface area contributed by atoms with Crippen LogP contribution in [0.2, 0.25) is 0 Å². The van der Waals surface area contributed by atoms with Crippen molar-refractivity contribution in [2.75, 3.05) is 11.6 Å². The van der Waals surface area contributed by atoms with Crippen LogP contribution in [0.25, 0.3) is 0 Å². The van der Waals surface area contributed by atoms with Gasteiger partial charge in [-0.3, -0.25) is 10.1 Å². The van der Waals surface area contributed by atoms with E-state index < -0.39 is 0 Å². The molecule has 0 aromatic carbocycles. The Morgan fingerprint density at radius 1 is 1.38 bits per heavy atom. The average Bonchev–Trinajstić information content (AvgIpc) is 2.77.